The van der Waals surface area contributed by atoms with Gasteiger partial charge >= 0.3 is 5.97 Å². The van der Waals surface area contributed by atoms with Crippen molar-refractivity contribution in [1.29, 1.82) is 0 Å². The fraction of sp³-hybridized carbons (Fsp3) is 0.211. The number of fused-ring (bicyclic) bond motifs is 1. The van der Waals surface area contributed by atoms with E-state index in [0.29, 0.717) is 23.5 Å². The van der Waals surface area contributed by atoms with Gasteiger partial charge in [-0.05, 0) is 42.7 Å². The number of imide groups is 1. The second-order valence-electron chi connectivity index (χ2n) is 6.32. The van der Waals surface area contributed by atoms with Crippen LogP contribution in [-0.4, -0.2) is 22.8 Å². The molecule has 1 saturated carbocycles. The third kappa shape index (κ3) is 2.57. The van der Waals surface area contributed by atoms with Gasteiger partial charge in [-0.1, -0.05) is 34.9 Å². The minimum absolute atomic E-state index is 0.194. The molecule has 4 rings (SSSR count). The summed E-state index contributed by atoms with van der Waals surface area (Å²) in [6, 6.07) is 10.6. The summed E-state index contributed by atoms with van der Waals surface area (Å²) in [6.45, 7) is 0. The SMILES string of the molecule is O=C(ON1C(=O)c2ccccc2C1=O)C1CCC1c1ccc(Cl)cc1F. The molecule has 1 aliphatic heterocycles. The van der Waals surface area contributed by atoms with Gasteiger partial charge in [-0.25, -0.2) is 9.18 Å². The minimum Gasteiger partial charge on any atom is -0.329 e. The molecule has 132 valence electrons. The second-order valence-corrected chi connectivity index (χ2v) is 6.75. The van der Waals surface area contributed by atoms with Crippen LogP contribution in [0.4, 0.5) is 4.39 Å². The predicted molar refractivity (Wildman–Crippen MR) is 89.9 cm³/mol. The van der Waals surface area contributed by atoms with E-state index < -0.39 is 29.5 Å². The van der Waals surface area contributed by atoms with Gasteiger partial charge in [0.2, 0.25) is 0 Å². The highest BCUT2D eigenvalue weighted by atomic mass is 35.5. The van der Waals surface area contributed by atoms with E-state index in [1.807, 2.05) is 0 Å². The smallest absolute Gasteiger partial charge is 0.329 e. The lowest BCUT2D eigenvalue weighted by Crippen LogP contribution is -2.40. The summed E-state index contributed by atoms with van der Waals surface area (Å²) in [4.78, 5) is 42.1. The first-order chi connectivity index (χ1) is 12.5. The lowest BCUT2D eigenvalue weighted by Gasteiger charge is -2.35. The number of carbonyl (C=O) groups excluding carboxylic acids is 3. The van der Waals surface area contributed by atoms with Crippen LogP contribution < -0.4 is 0 Å². The van der Waals surface area contributed by atoms with Crippen molar-refractivity contribution in [2.45, 2.75) is 18.8 Å². The summed E-state index contributed by atoms with van der Waals surface area (Å²) in [5.74, 6) is -3.53. The summed E-state index contributed by atoms with van der Waals surface area (Å²) in [5.41, 5.74) is 0.767. The number of hydrogen-bond donors (Lipinski definition) is 0. The van der Waals surface area contributed by atoms with Crippen molar-refractivity contribution in [1.82, 2.24) is 5.06 Å². The molecule has 0 radical (unpaired) electrons. The van der Waals surface area contributed by atoms with Crippen LogP contribution in [0, 0.1) is 11.7 Å². The zero-order valence-corrected chi connectivity index (χ0v) is 14.2. The number of amides is 2. The molecule has 26 heavy (non-hydrogen) atoms. The third-order valence-corrected chi connectivity index (χ3v) is 5.11. The summed E-state index contributed by atoms with van der Waals surface area (Å²) >= 11 is 5.76. The van der Waals surface area contributed by atoms with E-state index in [1.54, 1.807) is 24.3 Å². The molecule has 1 aliphatic carbocycles. The van der Waals surface area contributed by atoms with Crippen molar-refractivity contribution in [2.24, 2.45) is 5.92 Å². The number of rotatable bonds is 3. The molecule has 0 saturated heterocycles. The predicted octanol–water partition coefficient (Wildman–Crippen LogP) is 3.73. The van der Waals surface area contributed by atoms with E-state index in [9.17, 15) is 18.8 Å². The van der Waals surface area contributed by atoms with Crippen molar-refractivity contribution in [3.8, 4) is 0 Å². The highest BCUT2D eigenvalue weighted by Crippen LogP contribution is 2.44. The maximum atomic E-state index is 14.1. The third-order valence-electron chi connectivity index (χ3n) is 4.88. The van der Waals surface area contributed by atoms with E-state index in [4.69, 9.17) is 16.4 Å². The van der Waals surface area contributed by atoms with Crippen LogP contribution in [0.2, 0.25) is 5.02 Å². The maximum Gasteiger partial charge on any atom is 0.336 e. The van der Waals surface area contributed by atoms with E-state index >= 15 is 0 Å². The molecule has 2 unspecified atom stereocenters. The van der Waals surface area contributed by atoms with E-state index in [-0.39, 0.29) is 22.1 Å². The van der Waals surface area contributed by atoms with Gasteiger partial charge in [0.1, 0.15) is 5.82 Å². The zero-order valence-electron chi connectivity index (χ0n) is 13.4. The molecule has 2 aromatic carbocycles. The summed E-state index contributed by atoms with van der Waals surface area (Å²) in [6.07, 6.45) is 1.11. The van der Waals surface area contributed by atoms with Gasteiger partial charge in [0, 0.05) is 10.9 Å². The van der Waals surface area contributed by atoms with Gasteiger partial charge < -0.3 is 4.84 Å². The molecule has 0 bridgehead atoms. The van der Waals surface area contributed by atoms with Crippen molar-refractivity contribution in [3.05, 3.63) is 70.0 Å². The fourth-order valence-corrected chi connectivity index (χ4v) is 3.52. The summed E-state index contributed by atoms with van der Waals surface area (Å²) < 4.78 is 14.1. The van der Waals surface area contributed by atoms with Crippen LogP contribution in [0.15, 0.2) is 42.5 Å². The number of halogens is 2. The standard InChI is InChI=1S/C19H13ClFNO4/c20-10-5-6-12(16(21)9-10)11-7-8-15(11)19(25)26-22-17(23)13-3-1-2-4-14(13)18(22)24/h1-6,9,11,15H,7-8H2. The van der Waals surface area contributed by atoms with E-state index in [2.05, 4.69) is 0 Å². The number of hydroxylamine groups is 2. The van der Waals surface area contributed by atoms with Crippen LogP contribution in [0.3, 0.4) is 0 Å². The monoisotopic (exact) mass is 373 g/mol. The molecule has 1 fully saturated rings. The summed E-state index contributed by atoms with van der Waals surface area (Å²) in [7, 11) is 0. The lowest BCUT2D eigenvalue weighted by atomic mass is 9.70. The molecule has 2 aliphatic rings. The molecule has 7 heteroatoms. The quantitative estimate of drug-likeness (QED) is 0.769. The molecule has 1 heterocycles. The molecule has 5 nitrogen and oxygen atoms in total. The normalized spacial score (nSPS) is 21.4. The Morgan fingerprint density at radius 1 is 1.08 bits per heavy atom. The minimum atomic E-state index is -0.717. The van der Waals surface area contributed by atoms with Crippen molar-refractivity contribution in [3.63, 3.8) is 0 Å². The molecule has 0 spiro atoms. The summed E-state index contributed by atoms with van der Waals surface area (Å²) in [5, 5.41) is 0.761. The Balaban J connectivity index is 1.51. The Hall–Kier alpha value is -2.73. The lowest BCUT2D eigenvalue weighted by molar-refractivity contribution is -0.177. The average Bonchev–Trinajstić information content (AvgIpc) is 2.82. The molecule has 2 amide bonds. The van der Waals surface area contributed by atoms with Gasteiger partial charge in [-0.3, -0.25) is 9.59 Å². The molecule has 0 N–H and O–H groups in total. The molecular formula is C19H13ClFNO4. The Morgan fingerprint density at radius 2 is 1.73 bits per heavy atom. The van der Waals surface area contributed by atoms with Crippen LogP contribution in [0.1, 0.15) is 45.0 Å². The van der Waals surface area contributed by atoms with Crippen LogP contribution >= 0.6 is 11.6 Å². The van der Waals surface area contributed by atoms with Crippen molar-refractivity contribution >= 4 is 29.4 Å². The first kappa shape index (κ1) is 16.7. The van der Waals surface area contributed by atoms with E-state index in [0.717, 1.165) is 0 Å². The fourth-order valence-electron chi connectivity index (χ4n) is 3.36. The Kier molecular flexibility index (Phi) is 4.00. The van der Waals surface area contributed by atoms with Crippen LogP contribution in [-0.2, 0) is 9.63 Å². The van der Waals surface area contributed by atoms with Gasteiger partial charge in [-0.15, -0.1) is 0 Å². The number of hydrogen-bond acceptors (Lipinski definition) is 4. The zero-order chi connectivity index (χ0) is 18.4. The first-order valence-electron chi connectivity index (χ1n) is 8.12. The highest BCUT2D eigenvalue weighted by molar-refractivity contribution is 6.30. The topological polar surface area (TPSA) is 63.7 Å². The number of benzene rings is 2. The first-order valence-corrected chi connectivity index (χ1v) is 8.49. The molecular weight excluding hydrogens is 361 g/mol. The van der Waals surface area contributed by atoms with Gasteiger partial charge in [-0.2, -0.15) is 0 Å². The largest absolute Gasteiger partial charge is 0.336 e. The molecule has 0 aromatic heterocycles. The van der Waals surface area contributed by atoms with Gasteiger partial charge in [0.15, 0.2) is 0 Å². The van der Waals surface area contributed by atoms with Gasteiger partial charge in [0.25, 0.3) is 11.8 Å². The van der Waals surface area contributed by atoms with Gasteiger partial charge in [0.05, 0.1) is 17.0 Å². The Bertz CT molecular complexity index is 910. The van der Waals surface area contributed by atoms with Crippen molar-refractivity contribution < 1.29 is 23.6 Å². The van der Waals surface area contributed by atoms with E-state index in [1.165, 1.54) is 18.2 Å². The Labute approximate surface area is 153 Å². The number of carbonyl (C=O) groups is 3. The van der Waals surface area contributed by atoms with Crippen molar-refractivity contribution in [2.75, 3.05) is 0 Å². The molecule has 2 aromatic rings. The second kappa shape index (κ2) is 6.21. The average molecular weight is 374 g/mol. The highest BCUT2D eigenvalue weighted by Gasteiger charge is 2.44. The molecule has 2 atom stereocenters. The van der Waals surface area contributed by atoms with Crippen LogP contribution in [0.5, 0.6) is 0 Å². The Morgan fingerprint density at radius 3 is 2.27 bits per heavy atom. The maximum absolute atomic E-state index is 14.1. The number of nitrogens with zero attached hydrogens (tertiary/aromatic N) is 1. The van der Waals surface area contributed by atoms with Crippen LogP contribution in [0.25, 0.3) is 0 Å².